The summed E-state index contributed by atoms with van der Waals surface area (Å²) < 4.78 is 12.9. The normalized spacial score (nSPS) is 20.1. The van der Waals surface area contributed by atoms with E-state index in [-0.39, 0.29) is 5.82 Å². The van der Waals surface area contributed by atoms with Crippen molar-refractivity contribution in [2.45, 2.75) is 12.8 Å². The highest BCUT2D eigenvalue weighted by atomic mass is 19.1. The summed E-state index contributed by atoms with van der Waals surface area (Å²) >= 11 is 0. The van der Waals surface area contributed by atoms with Crippen molar-refractivity contribution in [3.8, 4) is 0 Å². The minimum absolute atomic E-state index is 0.231. The zero-order chi connectivity index (χ0) is 11.5. The van der Waals surface area contributed by atoms with E-state index in [1.165, 1.54) is 17.0 Å². The second-order valence-corrected chi connectivity index (χ2v) is 4.22. The molecule has 0 aromatic heterocycles. The molecule has 86 valence electrons. The first kappa shape index (κ1) is 10.9. The van der Waals surface area contributed by atoms with Crippen molar-refractivity contribution in [3.63, 3.8) is 0 Å². The summed E-state index contributed by atoms with van der Waals surface area (Å²) in [6.07, 6.45) is 0.756. The number of carboxylic acid groups (broad SMARTS) is 1. The number of amides is 1. The average molecular weight is 223 g/mol. The molecule has 1 aliphatic heterocycles. The van der Waals surface area contributed by atoms with Gasteiger partial charge in [0.2, 0.25) is 0 Å². The molecule has 1 heterocycles. The molecule has 0 aliphatic carbocycles. The van der Waals surface area contributed by atoms with Crippen molar-refractivity contribution < 1.29 is 14.3 Å². The molecule has 0 spiro atoms. The van der Waals surface area contributed by atoms with E-state index in [1.54, 1.807) is 6.07 Å². The second-order valence-electron chi connectivity index (χ2n) is 4.22. The lowest BCUT2D eigenvalue weighted by molar-refractivity contribution is 0.154. The lowest BCUT2D eigenvalue weighted by atomic mass is 9.99. The third-order valence-corrected chi connectivity index (χ3v) is 2.97. The summed E-state index contributed by atoms with van der Waals surface area (Å²) in [6.45, 7) is 1.15. The monoisotopic (exact) mass is 223 g/mol. The maximum absolute atomic E-state index is 12.9. The largest absolute Gasteiger partial charge is 0.465 e. The maximum atomic E-state index is 12.9. The zero-order valence-corrected chi connectivity index (χ0v) is 8.90. The quantitative estimate of drug-likeness (QED) is 0.836. The van der Waals surface area contributed by atoms with Gasteiger partial charge >= 0.3 is 6.09 Å². The number of rotatable bonds is 2. The summed E-state index contributed by atoms with van der Waals surface area (Å²) in [4.78, 5) is 12.1. The Kier molecular flexibility index (Phi) is 3.08. The Morgan fingerprint density at radius 1 is 1.56 bits per heavy atom. The van der Waals surface area contributed by atoms with Crippen molar-refractivity contribution in [2.24, 2.45) is 5.92 Å². The van der Waals surface area contributed by atoms with Gasteiger partial charge in [-0.1, -0.05) is 12.1 Å². The van der Waals surface area contributed by atoms with Gasteiger partial charge in [0.25, 0.3) is 0 Å². The van der Waals surface area contributed by atoms with Crippen LogP contribution in [0.1, 0.15) is 12.0 Å². The molecule has 0 radical (unpaired) electrons. The number of likely N-dealkylation sites (tertiary alicyclic amines) is 1. The van der Waals surface area contributed by atoms with E-state index < -0.39 is 6.09 Å². The van der Waals surface area contributed by atoms with Crippen LogP contribution in [-0.4, -0.2) is 29.2 Å². The SMILES string of the molecule is O=C(O)N1CC[C@H](Cc2cccc(F)c2)C1. The molecule has 0 bridgehead atoms. The molecule has 2 rings (SSSR count). The predicted molar refractivity (Wildman–Crippen MR) is 57.8 cm³/mol. The van der Waals surface area contributed by atoms with Crippen LogP contribution >= 0.6 is 0 Å². The third kappa shape index (κ3) is 2.51. The molecule has 1 aliphatic rings. The van der Waals surface area contributed by atoms with Gasteiger partial charge in [0.15, 0.2) is 0 Å². The number of hydrogen-bond donors (Lipinski definition) is 1. The van der Waals surface area contributed by atoms with Crippen molar-refractivity contribution in [2.75, 3.05) is 13.1 Å². The van der Waals surface area contributed by atoms with Gasteiger partial charge in [-0.3, -0.25) is 0 Å². The Balaban J connectivity index is 1.94. The topological polar surface area (TPSA) is 40.5 Å². The highest BCUT2D eigenvalue weighted by molar-refractivity contribution is 5.65. The molecule has 1 N–H and O–H groups in total. The summed E-state index contributed by atoms with van der Waals surface area (Å²) in [7, 11) is 0. The summed E-state index contributed by atoms with van der Waals surface area (Å²) in [5, 5.41) is 8.81. The lowest BCUT2D eigenvalue weighted by Gasteiger charge is -2.12. The van der Waals surface area contributed by atoms with Crippen molar-refractivity contribution >= 4 is 6.09 Å². The molecule has 3 nitrogen and oxygen atoms in total. The standard InChI is InChI=1S/C12H14FNO2/c13-11-3-1-2-9(7-11)6-10-4-5-14(8-10)12(15)16/h1-3,7,10H,4-6,8H2,(H,15,16)/t10-/m1/s1. The van der Waals surface area contributed by atoms with Gasteiger partial charge in [0.05, 0.1) is 0 Å². The van der Waals surface area contributed by atoms with Crippen molar-refractivity contribution in [3.05, 3.63) is 35.6 Å². The van der Waals surface area contributed by atoms with Crippen LogP contribution in [0, 0.1) is 11.7 Å². The first-order valence-electron chi connectivity index (χ1n) is 5.37. The molecule has 1 aromatic rings. The summed E-state index contributed by atoms with van der Waals surface area (Å²) in [6, 6.07) is 6.51. The van der Waals surface area contributed by atoms with Gasteiger partial charge in [-0.25, -0.2) is 9.18 Å². The minimum Gasteiger partial charge on any atom is -0.465 e. The molecule has 0 saturated carbocycles. The molecule has 0 unspecified atom stereocenters. The molecule has 1 atom stereocenters. The molecule has 1 aromatic carbocycles. The van der Waals surface area contributed by atoms with E-state index in [0.717, 1.165) is 18.4 Å². The van der Waals surface area contributed by atoms with Crippen LogP contribution in [0.4, 0.5) is 9.18 Å². The fourth-order valence-electron chi connectivity index (χ4n) is 2.17. The Labute approximate surface area is 93.5 Å². The average Bonchev–Trinajstić information content (AvgIpc) is 2.66. The first-order chi connectivity index (χ1) is 7.65. The molecule has 16 heavy (non-hydrogen) atoms. The van der Waals surface area contributed by atoms with Gasteiger partial charge in [-0.05, 0) is 36.5 Å². The van der Waals surface area contributed by atoms with Gasteiger partial charge in [-0.15, -0.1) is 0 Å². The van der Waals surface area contributed by atoms with Crippen LogP contribution in [0.5, 0.6) is 0 Å². The highest BCUT2D eigenvalue weighted by Gasteiger charge is 2.25. The van der Waals surface area contributed by atoms with Gasteiger partial charge in [-0.2, -0.15) is 0 Å². The lowest BCUT2D eigenvalue weighted by Crippen LogP contribution is -2.26. The van der Waals surface area contributed by atoms with Crippen molar-refractivity contribution in [1.29, 1.82) is 0 Å². The van der Waals surface area contributed by atoms with Crippen molar-refractivity contribution in [1.82, 2.24) is 4.90 Å². The molecule has 1 fully saturated rings. The second kappa shape index (κ2) is 4.51. The number of carbonyl (C=O) groups is 1. The van der Waals surface area contributed by atoms with Gasteiger partial charge in [0.1, 0.15) is 5.82 Å². The molecular formula is C12H14FNO2. The van der Waals surface area contributed by atoms with Gasteiger partial charge in [0, 0.05) is 13.1 Å². The minimum atomic E-state index is -0.859. The van der Waals surface area contributed by atoms with Crippen LogP contribution in [0.15, 0.2) is 24.3 Å². The Morgan fingerprint density at radius 3 is 3.00 bits per heavy atom. The number of hydrogen-bond acceptors (Lipinski definition) is 1. The molecule has 1 saturated heterocycles. The summed E-state index contributed by atoms with van der Waals surface area (Å²) in [5.41, 5.74) is 0.942. The van der Waals surface area contributed by atoms with Crippen LogP contribution < -0.4 is 0 Å². The van der Waals surface area contributed by atoms with Crippen LogP contribution in [0.3, 0.4) is 0 Å². The van der Waals surface area contributed by atoms with Crippen LogP contribution in [-0.2, 0) is 6.42 Å². The Bertz CT molecular complexity index is 394. The molecule has 1 amide bonds. The summed E-state index contributed by atoms with van der Waals surface area (Å²) in [5.74, 6) is 0.0866. The van der Waals surface area contributed by atoms with Crippen LogP contribution in [0.2, 0.25) is 0 Å². The van der Waals surface area contributed by atoms with E-state index in [0.29, 0.717) is 19.0 Å². The number of benzene rings is 1. The first-order valence-corrected chi connectivity index (χ1v) is 5.37. The third-order valence-electron chi connectivity index (χ3n) is 2.97. The van der Waals surface area contributed by atoms with E-state index in [1.807, 2.05) is 6.07 Å². The smallest absolute Gasteiger partial charge is 0.407 e. The number of halogens is 1. The Hall–Kier alpha value is -1.58. The van der Waals surface area contributed by atoms with E-state index >= 15 is 0 Å². The number of nitrogens with zero attached hydrogens (tertiary/aromatic N) is 1. The fourth-order valence-corrected chi connectivity index (χ4v) is 2.17. The molecule has 4 heteroatoms. The zero-order valence-electron chi connectivity index (χ0n) is 8.90. The predicted octanol–water partition coefficient (Wildman–Crippen LogP) is 2.37. The Morgan fingerprint density at radius 2 is 2.38 bits per heavy atom. The molecular weight excluding hydrogens is 209 g/mol. The van der Waals surface area contributed by atoms with Gasteiger partial charge < -0.3 is 10.0 Å². The van der Waals surface area contributed by atoms with E-state index in [4.69, 9.17) is 5.11 Å². The maximum Gasteiger partial charge on any atom is 0.407 e. The van der Waals surface area contributed by atoms with Crippen LogP contribution in [0.25, 0.3) is 0 Å². The fraction of sp³-hybridized carbons (Fsp3) is 0.417. The highest BCUT2D eigenvalue weighted by Crippen LogP contribution is 2.21. The van der Waals surface area contributed by atoms with E-state index in [2.05, 4.69) is 0 Å². The van der Waals surface area contributed by atoms with E-state index in [9.17, 15) is 9.18 Å².